The quantitative estimate of drug-likeness (QED) is 0.850. The largest absolute Gasteiger partial charge is 0.356 e. The van der Waals surface area contributed by atoms with Crippen LogP contribution in [0.25, 0.3) is 0 Å². The van der Waals surface area contributed by atoms with E-state index in [1.807, 2.05) is 20.8 Å². The molecule has 108 valence electrons. The maximum Gasteiger partial charge on any atom is 0.242 e. The van der Waals surface area contributed by atoms with Crippen molar-refractivity contribution in [2.24, 2.45) is 5.92 Å². The van der Waals surface area contributed by atoms with Gasteiger partial charge >= 0.3 is 0 Å². The highest BCUT2D eigenvalue weighted by Crippen LogP contribution is 2.17. The van der Waals surface area contributed by atoms with E-state index in [1.54, 1.807) is 13.8 Å². The molecular formula is C14H21N5O. The van der Waals surface area contributed by atoms with Crippen LogP contribution < -0.4 is 10.6 Å². The SMILES string of the molecule is Cc1nnc(NC(C)C(=O)NCC(C)C)c(C#N)c1C. The van der Waals surface area contributed by atoms with Crippen LogP contribution in [0.2, 0.25) is 0 Å². The maximum absolute atomic E-state index is 11.9. The average molecular weight is 275 g/mol. The molecule has 0 saturated heterocycles. The van der Waals surface area contributed by atoms with Crippen LogP contribution in [0.5, 0.6) is 0 Å². The number of aromatic nitrogens is 2. The van der Waals surface area contributed by atoms with Crippen molar-refractivity contribution in [3.05, 3.63) is 16.8 Å². The average Bonchev–Trinajstić information content (AvgIpc) is 2.40. The van der Waals surface area contributed by atoms with Crippen LogP contribution in [0.1, 0.15) is 37.6 Å². The van der Waals surface area contributed by atoms with Crippen molar-refractivity contribution in [3.63, 3.8) is 0 Å². The number of carbonyl (C=O) groups excluding carboxylic acids is 1. The van der Waals surface area contributed by atoms with Gasteiger partial charge in [0.15, 0.2) is 5.82 Å². The summed E-state index contributed by atoms with van der Waals surface area (Å²) >= 11 is 0. The van der Waals surface area contributed by atoms with Crippen molar-refractivity contribution in [3.8, 4) is 6.07 Å². The van der Waals surface area contributed by atoms with Crippen molar-refractivity contribution in [1.29, 1.82) is 5.26 Å². The molecule has 1 aromatic rings. The Labute approximate surface area is 119 Å². The minimum Gasteiger partial charge on any atom is -0.356 e. The van der Waals surface area contributed by atoms with Crippen molar-refractivity contribution in [2.75, 3.05) is 11.9 Å². The van der Waals surface area contributed by atoms with E-state index < -0.39 is 6.04 Å². The van der Waals surface area contributed by atoms with Gasteiger partial charge in [-0.2, -0.15) is 10.4 Å². The monoisotopic (exact) mass is 275 g/mol. The molecule has 0 saturated carbocycles. The molecule has 1 aromatic heterocycles. The highest BCUT2D eigenvalue weighted by molar-refractivity contribution is 5.84. The Balaban J connectivity index is 2.81. The summed E-state index contributed by atoms with van der Waals surface area (Å²) in [7, 11) is 0. The summed E-state index contributed by atoms with van der Waals surface area (Å²) in [5.41, 5.74) is 1.92. The van der Waals surface area contributed by atoms with Gasteiger partial charge in [-0.05, 0) is 32.3 Å². The molecule has 0 bridgehead atoms. The molecule has 0 aliphatic rings. The fourth-order valence-electron chi connectivity index (χ4n) is 1.57. The first-order chi connectivity index (χ1) is 9.36. The van der Waals surface area contributed by atoms with E-state index in [9.17, 15) is 10.1 Å². The molecule has 0 aromatic carbocycles. The third-order valence-electron chi connectivity index (χ3n) is 3.00. The van der Waals surface area contributed by atoms with E-state index in [4.69, 9.17) is 0 Å². The summed E-state index contributed by atoms with van der Waals surface area (Å²) in [6.07, 6.45) is 0. The second kappa shape index (κ2) is 6.85. The highest BCUT2D eigenvalue weighted by atomic mass is 16.2. The molecule has 1 atom stereocenters. The standard InChI is InChI=1S/C14H21N5O/c1-8(2)7-16-14(20)11(5)17-13-12(6-15)9(3)10(4)18-19-13/h8,11H,7H2,1-5H3,(H,16,20)(H,17,19). The second-order valence-electron chi connectivity index (χ2n) is 5.25. The minimum atomic E-state index is -0.475. The van der Waals surface area contributed by atoms with Crippen LogP contribution in [0.4, 0.5) is 5.82 Å². The number of hydrogen-bond acceptors (Lipinski definition) is 5. The molecule has 1 rings (SSSR count). The zero-order valence-corrected chi connectivity index (χ0v) is 12.6. The van der Waals surface area contributed by atoms with Gasteiger partial charge < -0.3 is 10.6 Å². The van der Waals surface area contributed by atoms with Gasteiger partial charge in [-0.1, -0.05) is 13.8 Å². The molecular weight excluding hydrogens is 254 g/mol. The number of anilines is 1. The number of amides is 1. The molecule has 1 heterocycles. The van der Waals surface area contributed by atoms with Gasteiger partial charge in [-0.25, -0.2) is 0 Å². The first-order valence-electron chi connectivity index (χ1n) is 6.65. The molecule has 0 aliphatic heterocycles. The molecule has 20 heavy (non-hydrogen) atoms. The van der Waals surface area contributed by atoms with Gasteiger partial charge in [0.2, 0.25) is 5.91 Å². The third kappa shape index (κ3) is 3.92. The summed E-state index contributed by atoms with van der Waals surface area (Å²) in [4.78, 5) is 11.9. The Hall–Kier alpha value is -2.16. The third-order valence-corrected chi connectivity index (χ3v) is 3.00. The summed E-state index contributed by atoms with van der Waals surface area (Å²) in [5.74, 6) is 0.618. The molecule has 2 N–H and O–H groups in total. The predicted molar refractivity (Wildman–Crippen MR) is 77.2 cm³/mol. The lowest BCUT2D eigenvalue weighted by molar-refractivity contribution is -0.121. The lowest BCUT2D eigenvalue weighted by Crippen LogP contribution is -2.39. The molecule has 6 nitrogen and oxygen atoms in total. The predicted octanol–water partition coefficient (Wildman–Crippen LogP) is 1.54. The van der Waals surface area contributed by atoms with Crippen molar-refractivity contribution in [2.45, 2.75) is 40.7 Å². The first-order valence-corrected chi connectivity index (χ1v) is 6.65. The van der Waals surface area contributed by atoms with Crippen LogP contribution in [0.15, 0.2) is 0 Å². The van der Waals surface area contributed by atoms with E-state index in [-0.39, 0.29) is 5.91 Å². The highest BCUT2D eigenvalue weighted by Gasteiger charge is 2.17. The summed E-state index contributed by atoms with van der Waals surface area (Å²) in [5, 5.41) is 22.9. The van der Waals surface area contributed by atoms with Gasteiger partial charge in [-0.3, -0.25) is 4.79 Å². The Morgan fingerprint density at radius 1 is 1.30 bits per heavy atom. The zero-order valence-electron chi connectivity index (χ0n) is 12.6. The lowest BCUT2D eigenvalue weighted by atomic mass is 10.1. The molecule has 1 amide bonds. The maximum atomic E-state index is 11.9. The van der Waals surface area contributed by atoms with Crippen LogP contribution in [-0.4, -0.2) is 28.7 Å². The number of nitrogens with zero attached hydrogens (tertiary/aromatic N) is 3. The normalized spacial score (nSPS) is 11.8. The number of nitrogens with one attached hydrogen (secondary N) is 2. The summed E-state index contributed by atoms with van der Waals surface area (Å²) < 4.78 is 0. The van der Waals surface area contributed by atoms with Crippen LogP contribution in [0, 0.1) is 31.1 Å². The van der Waals surface area contributed by atoms with E-state index in [0.29, 0.717) is 29.5 Å². The molecule has 0 radical (unpaired) electrons. The number of aryl methyl sites for hydroxylation is 1. The molecule has 0 aliphatic carbocycles. The zero-order chi connectivity index (χ0) is 15.3. The number of hydrogen-bond donors (Lipinski definition) is 2. The van der Waals surface area contributed by atoms with E-state index in [2.05, 4.69) is 26.9 Å². The van der Waals surface area contributed by atoms with E-state index >= 15 is 0 Å². The Morgan fingerprint density at radius 3 is 2.50 bits per heavy atom. The van der Waals surface area contributed by atoms with Crippen LogP contribution >= 0.6 is 0 Å². The van der Waals surface area contributed by atoms with E-state index in [1.165, 1.54) is 0 Å². The summed E-state index contributed by atoms with van der Waals surface area (Å²) in [6, 6.07) is 1.63. The Morgan fingerprint density at radius 2 is 1.95 bits per heavy atom. The second-order valence-corrected chi connectivity index (χ2v) is 5.25. The van der Waals surface area contributed by atoms with Gasteiger partial charge in [0.25, 0.3) is 0 Å². The van der Waals surface area contributed by atoms with E-state index in [0.717, 1.165) is 5.56 Å². The fourth-order valence-corrected chi connectivity index (χ4v) is 1.57. The molecule has 1 unspecified atom stereocenters. The number of rotatable bonds is 5. The first kappa shape index (κ1) is 15.9. The minimum absolute atomic E-state index is 0.123. The molecule has 0 fully saturated rings. The smallest absolute Gasteiger partial charge is 0.242 e. The fraction of sp³-hybridized carbons (Fsp3) is 0.571. The van der Waals surface area contributed by atoms with Crippen molar-refractivity contribution < 1.29 is 4.79 Å². The Bertz CT molecular complexity index is 533. The topological polar surface area (TPSA) is 90.7 Å². The van der Waals surface area contributed by atoms with Crippen LogP contribution in [0.3, 0.4) is 0 Å². The van der Waals surface area contributed by atoms with Crippen LogP contribution in [-0.2, 0) is 4.79 Å². The summed E-state index contributed by atoms with van der Waals surface area (Å²) in [6.45, 7) is 10.0. The molecule has 6 heteroatoms. The Kier molecular flexibility index (Phi) is 5.44. The van der Waals surface area contributed by atoms with Crippen molar-refractivity contribution >= 4 is 11.7 Å². The van der Waals surface area contributed by atoms with Crippen molar-refractivity contribution in [1.82, 2.24) is 15.5 Å². The number of carbonyl (C=O) groups is 1. The van der Waals surface area contributed by atoms with Gasteiger partial charge in [0.05, 0.1) is 5.69 Å². The van der Waals surface area contributed by atoms with Gasteiger partial charge in [0, 0.05) is 6.54 Å². The molecule has 0 spiro atoms. The van der Waals surface area contributed by atoms with Gasteiger partial charge in [-0.15, -0.1) is 5.10 Å². The number of nitriles is 1. The van der Waals surface area contributed by atoms with Gasteiger partial charge in [0.1, 0.15) is 17.7 Å². The lowest BCUT2D eigenvalue weighted by Gasteiger charge is -2.16.